The molecule has 1 N–H and O–H groups in total. The quantitative estimate of drug-likeness (QED) is 0.450. The van der Waals surface area contributed by atoms with Crippen LogP contribution in [0.4, 0.5) is 0 Å². The molecule has 0 heterocycles. The van der Waals surface area contributed by atoms with Gasteiger partial charge in [-0.05, 0) is 116 Å². The molecular weight excluding hydrogens is 376 g/mol. The van der Waals surface area contributed by atoms with Crippen LogP contribution in [0, 0.1) is 39.4 Å². The van der Waals surface area contributed by atoms with Crippen molar-refractivity contribution in [2.45, 2.75) is 113 Å². The third kappa shape index (κ3) is 3.27. The number of hydrogen-bond acceptors (Lipinski definition) is 1. The van der Waals surface area contributed by atoms with Gasteiger partial charge in [0.25, 0.3) is 0 Å². The van der Waals surface area contributed by atoms with Gasteiger partial charge in [-0.15, -0.1) is 0 Å². The summed E-state index contributed by atoms with van der Waals surface area (Å²) in [6.07, 6.45) is 17.3. The molecule has 4 aliphatic rings. The van der Waals surface area contributed by atoms with E-state index in [1.165, 1.54) is 37.7 Å². The summed E-state index contributed by atoms with van der Waals surface area (Å²) in [6.45, 7) is 19.4. The zero-order valence-corrected chi connectivity index (χ0v) is 21.6. The van der Waals surface area contributed by atoms with Crippen LogP contribution in [0.2, 0.25) is 0 Å². The molecule has 1 unspecified atom stereocenters. The van der Waals surface area contributed by atoms with E-state index < -0.39 is 0 Å². The Morgan fingerprint density at radius 2 is 1.77 bits per heavy atom. The second-order valence-electron chi connectivity index (χ2n) is 13.3. The number of aliphatic hydroxyl groups is 1. The summed E-state index contributed by atoms with van der Waals surface area (Å²) in [4.78, 5) is 0. The molecule has 1 heteroatoms. The normalized spacial score (nSPS) is 44.4. The van der Waals surface area contributed by atoms with E-state index in [4.69, 9.17) is 0 Å². The number of hydrogen-bond donors (Lipinski definition) is 1. The summed E-state index contributed by atoms with van der Waals surface area (Å²) >= 11 is 0. The highest BCUT2D eigenvalue weighted by Crippen LogP contribution is 2.71. The van der Waals surface area contributed by atoms with Gasteiger partial charge in [-0.25, -0.2) is 0 Å². The van der Waals surface area contributed by atoms with E-state index in [9.17, 15) is 5.11 Å². The van der Waals surface area contributed by atoms with Crippen LogP contribution in [0.5, 0.6) is 0 Å². The van der Waals surface area contributed by atoms with Gasteiger partial charge in [0.1, 0.15) is 0 Å². The molecule has 4 rings (SSSR count). The first-order chi connectivity index (χ1) is 14.4. The van der Waals surface area contributed by atoms with Crippen molar-refractivity contribution in [2.24, 2.45) is 39.4 Å². The predicted octanol–water partition coefficient (Wildman–Crippen LogP) is 8.26. The molecule has 174 valence electrons. The van der Waals surface area contributed by atoms with Crippen molar-refractivity contribution in [1.82, 2.24) is 0 Å². The van der Waals surface area contributed by atoms with Crippen LogP contribution in [0.25, 0.3) is 0 Å². The first-order valence-electron chi connectivity index (χ1n) is 13.1. The topological polar surface area (TPSA) is 20.2 Å². The molecule has 4 aliphatic carbocycles. The van der Waals surface area contributed by atoms with E-state index >= 15 is 0 Å². The van der Waals surface area contributed by atoms with Crippen molar-refractivity contribution in [2.75, 3.05) is 0 Å². The number of rotatable bonds is 4. The maximum absolute atomic E-state index is 10.8. The summed E-state index contributed by atoms with van der Waals surface area (Å²) in [5.74, 6) is 2.15. The molecule has 2 saturated carbocycles. The predicted molar refractivity (Wildman–Crippen MR) is 133 cm³/mol. The first kappa shape index (κ1) is 23.3. The van der Waals surface area contributed by atoms with Crippen LogP contribution >= 0.6 is 0 Å². The minimum absolute atomic E-state index is 0.00478. The molecule has 0 aromatic heterocycles. The maximum atomic E-state index is 10.8. The Balaban J connectivity index is 1.66. The minimum atomic E-state index is -0.164. The van der Waals surface area contributed by atoms with E-state index in [-0.39, 0.29) is 16.9 Å². The van der Waals surface area contributed by atoms with Crippen molar-refractivity contribution >= 4 is 0 Å². The largest absolute Gasteiger partial charge is 0.393 e. The lowest BCUT2D eigenvalue weighted by atomic mass is 9.44. The fourth-order valence-corrected chi connectivity index (χ4v) is 8.78. The molecule has 0 aromatic carbocycles. The zero-order chi connectivity index (χ0) is 22.8. The van der Waals surface area contributed by atoms with Crippen LogP contribution in [0.3, 0.4) is 0 Å². The van der Waals surface area contributed by atoms with E-state index in [1.54, 1.807) is 11.1 Å². The van der Waals surface area contributed by atoms with Gasteiger partial charge >= 0.3 is 0 Å². The van der Waals surface area contributed by atoms with Gasteiger partial charge in [-0.2, -0.15) is 0 Å². The van der Waals surface area contributed by atoms with Gasteiger partial charge in [0, 0.05) is 0 Å². The monoisotopic (exact) mass is 424 g/mol. The molecule has 0 aliphatic heterocycles. The Morgan fingerprint density at radius 3 is 2.45 bits per heavy atom. The Bertz CT molecular complexity index is 808. The minimum Gasteiger partial charge on any atom is -0.393 e. The molecule has 7 atom stereocenters. The second kappa shape index (κ2) is 7.61. The lowest BCUT2D eigenvalue weighted by Crippen LogP contribution is -2.54. The molecule has 0 bridgehead atoms. The maximum Gasteiger partial charge on any atom is 0.0594 e. The highest BCUT2D eigenvalue weighted by atomic mass is 16.3. The molecule has 31 heavy (non-hydrogen) atoms. The van der Waals surface area contributed by atoms with Crippen LogP contribution in [0.1, 0.15) is 107 Å². The van der Waals surface area contributed by atoms with Gasteiger partial charge in [0.2, 0.25) is 0 Å². The molecule has 0 amide bonds. The van der Waals surface area contributed by atoms with Crippen molar-refractivity contribution in [3.8, 4) is 0 Å². The zero-order valence-electron chi connectivity index (χ0n) is 21.6. The van der Waals surface area contributed by atoms with E-state index in [2.05, 4.69) is 73.6 Å². The number of aliphatic hydroxyl groups excluding tert-OH is 1. The van der Waals surface area contributed by atoms with Gasteiger partial charge < -0.3 is 5.11 Å². The van der Waals surface area contributed by atoms with Crippen LogP contribution in [-0.2, 0) is 0 Å². The Hall–Kier alpha value is -0.820. The fraction of sp³-hybridized carbons (Fsp3) is 0.800. The first-order valence-corrected chi connectivity index (χ1v) is 13.1. The molecular formula is C30H48O. The lowest BCUT2D eigenvalue weighted by Gasteiger charge is -2.61. The van der Waals surface area contributed by atoms with E-state index in [0.29, 0.717) is 16.7 Å². The third-order valence-electron chi connectivity index (χ3n) is 11.1. The van der Waals surface area contributed by atoms with Crippen molar-refractivity contribution < 1.29 is 5.11 Å². The standard InChI is InChI=1S/C30H48O/c1-20(2)10-9-11-21(3)22-14-18-30(8)24-12-13-25-27(4,5)26(31)16-17-28(25,6)23(24)15-19-29(22,30)7/h10,12,15,21-22,25-26,31H,9,11,13-14,16-19H2,1-8H3/t21-,22-,25?,26+,28-,29-,30+/m1/s1. The van der Waals surface area contributed by atoms with Gasteiger partial charge in [0.15, 0.2) is 0 Å². The molecule has 0 spiro atoms. The van der Waals surface area contributed by atoms with Gasteiger partial charge in [-0.3, -0.25) is 0 Å². The summed E-state index contributed by atoms with van der Waals surface area (Å²) < 4.78 is 0. The van der Waals surface area contributed by atoms with Gasteiger partial charge in [0.05, 0.1) is 6.10 Å². The SMILES string of the molecule is CC(C)=CCC[C@@H](C)[C@H]1CC[C@@]2(C)C3=CCC4C(C)(C)[C@@H](O)CC[C@]4(C)C3=CC[C@]12C. The molecule has 2 fully saturated rings. The molecule has 1 nitrogen and oxygen atoms in total. The second-order valence-corrected chi connectivity index (χ2v) is 13.3. The van der Waals surface area contributed by atoms with Crippen molar-refractivity contribution in [1.29, 1.82) is 0 Å². The molecule has 0 aromatic rings. The van der Waals surface area contributed by atoms with E-state index in [0.717, 1.165) is 31.1 Å². The summed E-state index contributed by atoms with van der Waals surface area (Å²) in [6, 6.07) is 0. The Kier molecular flexibility index (Phi) is 5.73. The van der Waals surface area contributed by atoms with E-state index in [1.807, 2.05) is 0 Å². The average Bonchev–Trinajstić information content (AvgIpc) is 2.96. The summed E-state index contributed by atoms with van der Waals surface area (Å²) in [5, 5.41) is 10.8. The summed E-state index contributed by atoms with van der Waals surface area (Å²) in [5.41, 5.74) is 5.73. The number of allylic oxidation sites excluding steroid dienone is 6. The highest BCUT2D eigenvalue weighted by molar-refractivity contribution is 5.49. The molecule has 0 radical (unpaired) electrons. The van der Waals surface area contributed by atoms with Gasteiger partial charge in [-0.1, -0.05) is 65.3 Å². The van der Waals surface area contributed by atoms with Crippen LogP contribution in [0.15, 0.2) is 34.9 Å². The smallest absolute Gasteiger partial charge is 0.0594 e. The van der Waals surface area contributed by atoms with Crippen molar-refractivity contribution in [3.63, 3.8) is 0 Å². The fourth-order valence-electron chi connectivity index (χ4n) is 8.78. The number of fused-ring (bicyclic) bond motifs is 5. The Labute approximate surface area is 192 Å². The van der Waals surface area contributed by atoms with Crippen LogP contribution in [-0.4, -0.2) is 11.2 Å². The van der Waals surface area contributed by atoms with Crippen LogP contribution < -0.4 is 0 Å². The molecule has 0 saturated heterocycles. The third-order valence-corrected chi connectivity index (χ3v) is 11.1. The Morgan fingerprint density at radius 1 is 1.06 bits per heavy atom. The summed E-state index contributed by atoms with van der Waals surface area (Å²) in [7, 11) is 0. The average molecular weight is 425 g/mol. The van der Waals surface area contributed by atoms with Crippen molar-refractivity contribution in [3.05, 3.63) is 34.9 Å². The highest BCUT2D eigenvalue weighted by Gasteiger charge is 2.62. The lowest BCUT2D eigenvalue weighted by molar-refractivity contribution is -0.0851.